The summed E-state index contributed by atoms with van der Waals surface area (Å²) in [5.41, 5.74) is 1.52. The quantitative estimate of drug-likeness (QED) is 0.687. The molecule has 7 heteroatoms. The summed E-state index contributed by atoms with van der Waals surface area (Å²) in [6.45, 7) is 0.397. The van der Waals surface area contributed by atoms with Gasteiger partial charge in [0.25, 0.3) is 0 Å². The maximum absolute atomic E-state index is 12.3. The van der Waals surface area contributed by atoms with Crippen LogP contribution < -0.4 is 5.32 Å². The first kappa shape index (κ1) is 19.4. The van der Waals surface area contributed by atoms with Crippen LogP contribution in [0.25, 0.3) is 0 Å². The fraction of sp³-hybridized carbons (Fsp3) is 0.222. The van der Waals surface area contributed by atoms with Crippen LogP contribution in [0.3, 0.4) is 0 Å². The minimum atomic E-state index is -0.413. The van der Waals surface area contributed by atoms with E-state index in [1.54, 1.807) is 23.1 Å². The SMILES string of the molecule is COC(=O)CN(CC(=O)Nc1ccc(Br)cc1)Cc1ccccc1Cl. The Bertz CT molecular complexity index is 737. The van der Waals surface area contributed by atoms with Gasteiger partial charge >= 0.3 is 5.97 Å². The summed E-state index contributed by atoms with van der Waals surface area (Å²) >= 11 is 9.52. The zero-order chi connectivity index (χ0) is 18.2. The molecule has 0 aliphatic heterocycles. The van der Waals surface area contributed by atoms with Gasteiger partial charge in [-0.1, -0.05) is 45.7 Å². The zero-order valence-corrected chi connectivity index (χ0v) is 16.0. The molecule has 0 bridgehead atoms. The van der Waals surface area contributed by atoms with E-state index in [9.17, 15) is 9.59 Å². The van der Waals surface area contributed by atoms with Crippen LogP contribution in [0.15, 0.2) is 53.0 Å². The monoisotopic (exact) mass is 424 g/mol. The molecule has 2 aromatic rings. The number of hydrogen-bond acceptors (Lipinski definition) is 4. The third kappa shape index (κ3) is 6.49. The van der Waals surface area contributed by atoms with Crippen LogP contribution in [0, 0.1) is 0 Å². The number of rotatable bonds is 7. The summed E-state index contributed by atoms with van der Waals surface area (Å²) in [7, 11) is 1.32. The van der Waals surface area contributed by atoms with Gasteiger partial charge in [-0.05, 0) is 35.9 Å². The first-order valence-electron chi connectivity index (χ1n) is 7.56. The van der Waals surface area contributed by atoms with Crippen molar-refractivity contribution in [2.75, 3.05) is 25.5 Å². The lowest BCUT2D eigenvalue weighted by Gasteiger charge is -2.21. The molecule has 25 heavy (non-hydrogen) atoms. The Morgan fingerprint density at radius 2 is 1.80 bits per heavy atom. The molecule has 5 nitrogen and oxygen atoms in total. The van der Waals surface area contributed by atoms with E-state index in [2.05, 4.69) is 21.2 Å². The summed E-state index contributed by atoms with van der Waals surface area (Å²) in [6, 6.07) is 14.6. The second kappa shape index (κ2) is 9.56. The maximum Gasteiger partial charge on any atom is 0.319 e. The number of carbonyl (C=O) groups is 2. The molecule has 0 aliphatic rings. The van der Waals surface area contributed by atoms with E-state index in [-0.39, 0.29) is 19.0 Å². The number of anilines is 1. The summed E-state index contributed by atoms with van der Waals surface area (Å²) in [5.74, 6) is -0.637. The molecule has 1 N–H and O–H groups in total. The fourth-order valence-electron chi connectivity index (χ4n) is 2.22. The highest BCUT2D eigenvalue weighted by atomic mass is 79.9. The highest BCUT2D eigenvalue weighted by molar-refractivity contribution is 9.10. The van der Waals surface area contributed by atoms with E-state index in [0.29, 0.717) is 17.3 Å². The third-order valence-electron chi connectivity index (χ3n) is 3.43. The van der Waals surface area contributed by atoms with Crippen LogP contribution in [-0.2, 0) is 20.9 Å². The van der Waals surface area contributed by atoms with Crippen molar-refractivity contribution >= 4 is 45.1 Å². The van der Waals surface area contributed by atoms with Gasteiger partial charge in [0.15, 0.2) is 0 Å². The van der Waals surface area contributed by atoms with Crippen LogP contribution in [0.1, 0.15) is 5.56 Å². The fourth-order valence-corrected chi connectivity index (χ4v) is 2.68. The molecule has 0 spiro atoms. The number of ether oxygens (including phenoxy) is 1. The standard InChI is InChI=1S/C18H18BrClN2O3/c1-25-18(24)12-22(10-13-4-2-3-5-16(13)20)11-17(23)21-15-8-6-14(19)7-9-15/h2-9H,10-12H2,1H3,(H,21,23). The minimum absolute atomic E-state index is 0.00448. The number of benzene rings is 2. The van der Waals surface area contributed by atoms with Gasteiger partial charge < -0.3 is 10.1 Å². The number of carbonyl (C=O) groups excluding carboxylic acids is 2. The van der Waals surface area contributed by atoms with Crippen molar-refractivity contribution in [1.82, 2.24) is 4.90 Å². The highest BCUT2D eigenvalue weighted by Gasteiger charge is 2.16. The zero-order valence-electron chi connectivity index (χ0n) is 13.7. The van der Waals surface area contributed by atoms with Crippen molar-refractivity contribution in [2.45, 2.75) is 6.54 Å². The summed E-state index contributed by atoms with van der Waals surface area (Å²) in [6.07, 6.45) is 0. The van der Waals surface area contributed by atoms with E-state index in [0.717, 1.165) is 10.0 Å². The predicted octanol–water partition coefficient (Wildman–Crippen LogP) is 3.72. The second-order valence-corrected chi connectivity index (χ2v) is 6.69. The molecule has 0 unspecified atom stereocenters. The Hall–Kier alpha value is -1.89. The summed E-state index contributed by atoms with van der Waals surface area (Å²) < 4.78 is 5.64. The Morgan fingerprint density at radius 3 is 2.44 bits per heavy atom. The smallest absolute Gasteiger partial charge is 0.319 e. The first-order chi connectivity index (χ1) is 12.0. The van der Waals surface area contributed by atoms with Crippen LogP contribution in [0.5, 0.6) is 0 Å². The average molecular weight is 426 g/mol. The number of amides is 1. The average Bonchev–Trinajstić information content (AvgIpc) is 2.58. The van der Waals surface area contributed by atoms with Gasteiger partial charge in [-0.3, -0.25) is 14.5 Å². The van der Waals surface area contributed by atoms with Crippen molar-refractivity contribution in [3.05, 3.63) is 63.6 Å². The number of esters is 1. The lowest BCUT2D eigenvalue weighted by Crippen LogP contribution is -2.37. The number of hydrogen-bond donors (Lipinski definition) is 1. The van der Waals surface area contributed by atoms with E-state index in [1.165, 1.54) is 7.11 Å². The highest BCUT2D eigenvalue weighted by Crippen LogP contribution is 2.17. The Labute approximate surface area is 160 Å². The van der Waals surface area contributed by atoms with E-state index < -0.39 is 5.97 Å². The summed E-state index contributed by atoms with van der Waals surface area (Å²) in [4.78, 5) is 25.6. The normalized spacial score (nSPS) is 10.6. The van der Waals surface area contributed by atoms with E-state index in [4.69, 9.17) is 16.3 Å². The van der Waals surface area contributed by atoms with Crippen molar-refractivity contribution in [3.8, 4) is 0 Å². The number of methoxy groups -OCH3 is 1. The predicted molar refractivity (Wildman–Crippen MR) is 102 cm³/mol. The van der Waals surface area contributed by atoms with Gasteiger partial charge in [0.05, 0.1) is 20.2 Å². The molecule has 0 saturated carbocycles. The largest absolute Gasteiger partial charge is 0.468 e. The number of halogens is 2. The lowest BCUT2D eigenvalue weighted by molar-refractivity contribution is -0.142. The van der Waals surface area contributed by atoms with Gasteiger partial charge in [0, 0.05) is 21.7 Å². The van der Waals surface area contributed by atoms with Crippen LogP contribution in [-0.4, -0.2) is 37.0 Å². The van der Waals surface area contributed by atoms with Crippen molar-refractivity contribution in [3.63, 3.8) is 0 Å². The van der Waals surface area contributed by atoms with Crippen molar-refractivity contribution in [2.24, 2.45) is 0 Å². The van der Waals surface area contributed by atoms with E-state index >= 15 is 0 Å². The van der Waals surface area contributed by atoms with Crippen molar-refractivity contribution in [1.29, 1.82) is 0 Å². The lowest BCUT2D eigenvalue weighted by atomic mass is 10.2. The van der Waals surface area contributed by atoms with Crippen LogP contribution in [0.2, 0.25) is 5.02 Å². The molecule has 0 aliphatic carbocycles. The molecule has 2 rings (SSSR count). The number of nitrogens with zero attached hydrogens (tertiary/aromatic N) is 1. The first-order valence-corrected chi connectivity index (χ1v) is 8.73. The van der Waals surface area contributed by atoms with Gasteiger partial charge in [-0.15, -0.1) is 0 Å². The molecule has 132 valence electrons. The molecule has 1 amide bonds. The molecule has 0 fully saturated rings. The second-order valence-electron chi connectivity index (χ2n) is 5.37. The van der Waals surface area contributed by atoms with Gasteiger partial charge in [-0.2, -0.15) is 0 Å². The Balaban J connectivity index is 2.04. The summed E-state index contributed by atoms with van der Waals surface area (Å²) in [5, 5.41) is 3.39. The topological polar surface area (TPSA) is 58.6 Å². The molecular formula is C18H18BrClN2O3. The molecular weight excluding hydrogens is 408 g/mol. The van der Waals surface area contributed by atoms with E-state index in [1.807, 2.05) is 30.3 Å². The third-order valence-corrected chi connectivity index (χ3v) is 4.32. The van der Waals surface area contributed by atoms with Gasteiger partial charge in [-0.25, -0.2) is 0 Å². The van der Waals surface area contributed by atoms with Gasteiger partial charge in [0.2, 0.25) is 5.91 Å². The molecule has 0 radical (unpaired) electrons. The molecule has 0 heterocycles. The van der Waals surface area contributed by atoms with Gasteiger partial charge in [0.1, 0.15) is 0 Å². The maximum atomic E-state index is 12.3. The number of nitrogens with one attached hydrogen (secondary N) is 1. The molecule has 0 saturated heterocycles. The molecule has 2 aromatic carbocycles. The van der Waals surface area contributed by atoms with Crippen LogP contribution in [0.4, 0.5) is 5.69 Å². The van der Waals surface area contributed by atoms with Crippen molar-refractivity contribution < 1.29 is 14.3 Å². The molecule has 0 atom stereocenters. The molecule has 0 aromatic heterocycles. The minimum Gasteiger partial charge on any atom is -0.468 e. The Morgan fingerprint density at radius 1 is 1.12 bits per heavy atom. The Kier molecular flexibility index (Phi) is 7.43. The van der Waals surface area contributed by atoms with Crippen LogP contribution >= 0.6 is 27.5 Å².